The van der Waals surface area contributed by atoms with E-state index in [0.717, 1.165) is 0 Å². The number of aliphatic hydroxyl groups is 1. The number of rotatable bonds is 8. The number of ether oxygens (including phenoxy) is 1. The summed E-state index contributed by atoms with van der Waals surface area (Å²) >= 11 is 11.6. The molecule has 2 N–H and O–H groups in total. The molecule has 7 heteroatoms. The highest BCUT2D eigenvalue weighted by atomic mass is 35.5. The highest BCUT2D eigenvalue weighted by molar-refractivity contribution is 7.85. The molecule has 108 valence electrons. The number of hydrogen-bond donors (Lipinski definition) is 2. The van der Waals surface area contributed by atoms with E-state index in [-0.39, 0.29) is 5.75 Å². The van der Waals surface area contributed by atoms with Crippen LogP contribution >= 0.6 is 23.2 Å². The third kappa shape index (κ3) is 6.21. The minimum atomic E-state index is -1.30. The Bertz CT molecular complexity index is 431. The first-order valence-corrected chi connectivity index (χ1v) is 7.83. The molecule has 0 aliphatic carbocycles. The standard InChI is InChI=1S/C12H17Cl2NO3S/c1-18-5-4-15-7-9(16)8-19(17)10-2-3-11(13)12(14)6-10/h2-3,6,9,15-16H,4-5,7-8H2,1H3. The molecule has 0 radical (unpaired) electrons. The van der Waals surface area contributed by atoms with Gasteiger partial charge in [0.15, 0.2) is 0 Å². The highest BCUT2D eigenvalue weighted by Crippen LogP contribution is 2.24. The summed E-state index contributed by atoms with van der Waals surface area (Å²) < 4.78 is 16.9. The molecule has 0 heterocycles. The minimum Gasteiger partial charge on any atom is -0.391 e. The average Bonchev–Trinajstić information content (AvgIpc) is 2.38. The minimum absolute atomic E-state index is 0.151. The lowest BCUT2D eigenvalue weighted by molar-refractivity contribution is 0.174. The van der Waals surface area contributed by atoms with Crippen LogP contribution in [0.15, 0.2) is 23.1 Å². The third-order valence-electron chi connectivity index (χ3n) is 2.36. The van der Waals surface area contributed by atoms with Crippen molar-refractivity contribution in [3.8, 4) is 0 Å². The van der Waals surface area contributed by atoms with E-state index in [2.05, 4.69) is 5.32 Å². The van der Waals surface area contributed by atoms with E-state index in [4.69, 9.17) is 27.9 Å². The first-order chi connectivity index (χ1) is 9.04. The molecule has 0 bridgehead atoms. The van der Waals surface area contributed by atoms with E-state index >= 15 is 0 Å². The van der Waals surface area contributed by atoms with Crippen LogP contribution in [0, 0.1) is 0 Å². The van der Waals surface area contributed by atoms with Crippen molar-refractivity contribution < 1.29 is 14.1 Å². The molecule has 0 aromatic heterocycles. The maximum absolute atomic E-state index is 12.0. The SMILES string of the molecule is COCCNCC(O)CS(=O)c1ccc(Cl)c(Cl)c1. The number of hydrogen-bond acceptors (Lipinski definition) is 4. The molecule has 1 aromatic rings. The van der Waals surface area contributed by atoms with Crippen LogP contribution in [0.1, 0.15) is 0 Å². The van der Waals surface area contributed by atoms with Gasteiger partial charge in [-0.2, -0.15) is 0 Å². The Labute approximate surface area is 125 Å². The number of methoxy groups -OCH3 is 1. The van der Waals surface area contributed by atoms with Crippen molar-refractivity contribution in [2.45, 2.75) is 11.0 Å². The molecule has 0 spiro atoms. The summed E-state index contributed by atoms with van der Waals surface area (Å²) in [7, 11) is 0.305. The maximum Gasteiger partial charge on any atom is 0.0783 e. The van der Waals surface area contributed by atoms with Gasteiger partial charge in [-0.05, 0) is 18.2 Å². The number of benzene rings is 1. The fourth-order valence-electron chi connectivity index (χ4n) is 1.39. The molecular formula is C12H17Cl2NO3S. The molecule has 19 heavy (non-hydrogen) atoms. The Balaban J connectivity index is 2.43. The number of nitrogens with one attached hydrogen (secondary N) is 1. The molecule has 0 amide bonds. The highest BCUT2D eigenvalue weighted by Gasteiger charge is 2.12. The van der Waals surface area contributed by atoms with Crippen LogP contribution in [0.3, 0.4) is 0 Å². The van der Waals surface area contributed by atoms with Crippen molar-refractivity contribution in [3.05, 3.63) is 28.2 Å². The van der Waals surface area contributed by atoms with E-state index < -0.39 is 16.9 Å². The molecule has 0 saturated heterocycles. The topological polar surface area (TPSA) is 58.6 Å². The van der Waals surface area contributed by atoms with E-state index in [1.807, 2.05) is 0 Å². The van der Waals surface area contributed by atoms with Crippen molar-refractivity contribution in [1.82, 2.24) is 5.32 Å². The molecule has 2 unspecified atom stereocenters. The van der Waals surface area contributed by atoms with Gasteiger partial charge in [0.05, 0.1) is 39.3 Å². The Hall–Kier alpha value is -0.170. The van der Waals surface area contributed by atoms with Gasteiger partial charge in [0, 0.05) is 25.1 Å². The second-order valence-corrected chi connectivity index (χ2v) is 6.25. The summed E-state index contributed by atoms with van der Waals surface area (Å²) in [5.41, 5.74) is 0. The van der Waals surface area contributed by atoms with Crippen molar-refractivity contribution >= 4 is 34.0 Å². The molecule has 4 nitrogen and oxygen atoms in total. The van der Waals surface area contributed by atoms with Gasteiger partial charge in [0.2, 0.25) is 0 Å². The second-order valence-electron chi connectivity index (χ2n) is 3.94. The molecule has 0 aliphatic rings. The summed E-state index contributed by atoms with van der Waals surface area (Å²) in [6, 6.07) is 4.81. The Morgan fingerprint density at radius 1 is 1.42 bits per heavy atom. The fraction of sp³-hybridized carbons (Fsp3) is 0.500. The van der Waals surface area contributed by atoms with Gasteiger partial charge in [-0.3, -0.25) is 4.21 Å². The monoisotopic (exact) mass is 325 g/mol. The summed E-state index contributed by atoms with van der Waals surface area (Å²) in [5, 5.41) is 13.5. The summed E-state index contributed by atoms with van der Waals surface area (Å²) in [4.78, 5) is 0.561. The lowest BCUT2D eigenvalue weighted by Crippen LogP contribution is -2.32. The number of halogens is 2. The van der Waals surface area contributed by atoms with Crippen molar-refractivity contribution in [2.75, 3.05) is 32.6 Å². The van der Waals surface area contributed by atoms with Crippen LogP contribution in [0.5, 0.6) is 0 Å². The molecular weight excluding hydrogens is 309 g/mol. The van der Waals surface area contributed by atoms with Crippen LogP contribution < -0.4 is 5.32 Å². The Morgan fingerprint density at radius 2 is 2.16 bits per heavy atom. The maximum atomic E-state index is 12.0. The first kappa shape index (κ1) is 16.9. The zero-order chi connectivity index (χ0) is 14.3. The molecule has 0 fully saturated rings. The normalized spacial score (nSPS) is 14.3. The lowest BCUT2D eigenvalue weighted by atomic mass is 10.4. The zero-order valence-electron chi connectivity index (χ0n) is 10.6. The van der Waals surface area contributed by atoms with E-state index in [0.29, 0.717) is 34.6 Å². The Kier molecular flexibility index (Phi) is 7.90. The van der Waals surface area contributed by atoms with Gasteiger partial charge >= 0.3 is 0 Å². The van der Waals surface area contributed by atoms with Crippen molar-refractivity contribution in [2.24, 2.45) is 0 Å². The lowest BCUT2D eigenvalue weighted by Gasteiger charge is -2.11. The molecule has 0 saturated carbocycles. The summed E-state index contributed by atoms with van der Waals surface area (Å²) in [6.45, 7) is 1.59. The van der Waals surface area contributed by atoms with Crippen LogP contribution in [-0.4, -0.2) is 48.0 Å². The largest absolute Gasteiger partial charge is 0.391 e. The smallest absolute Gasteiger partial charge is 0.0783 e. The van der Waals surface area contributed by atoms with Gasteiger partial charge in [-0.25, -0.2) is 0 Å². The number of aliphatic hydroxyl groups excluding tert-OH is 1. The van der Waals surface area contributed by atoms with Gasteiger partial charge < -0.3 is 15.2 Å². The van der Waals surface area contributed by atoms with Crippen LogP contribution in [0.4, 0.5) is 0 Å². The van der Waals surface area contributed by atoms with E-state index in [1.165, 1.54) is 0 Å². The molecule has 1 aromatic carbocycles. The first-order valence-electron chi connectivity index (χ1n) is 5.75. The molecule has 2 atom stereocenters. The van der Waals surface area contributed by atoms with Gasteiger partial charge in [0.1, 0.15) is 0 Å². The fourth-order valence-corrected chi connectivity index (χ4v) is 2.88. The summed E-state index contributed by atoms with van der Waals surface area (Å²) in [6.07, 6.45) is -0.688. The van der Waals surface area contributed by atoms with Crippen LogP contribution in [-0.2, 0) is 15.5 Å². The second kappa shape index (κ2) is 8.89. The van der Waals surface area contributed by atoms with Gasteiger partial charge in [-0.1, -0.05) is 23.2 Å². The quantitative estimate of drug-likeness (QED) is 0.714. The van der Waals surface area contributed by atoms with Crippen molar-refractivity contribution in [3.63, 3.8) is 0 Å². The Morgan fingerprint density at radius 3 is 2.79 bits per heavy atom. The van der Waals surface area contributed by atoms with E-state index in [9.17, 15) is 9.32 Å². The van der Waals surface area contributed by atoms with Crippen molar-refractivity contribution in [1.29, 1.82) is 0 Å². The predicted molar refractivity (Wildman–Crippen MR) is 78.5 cm³/mol. The molecule has 0 aliphatic heterocycles. The average molecular weight is 326 g/mol. The third-order valence-corrected chi connectivity index (χ3v) is 4.57. The van der Waals surface area contributed by atoms with E-state index in [1.54, 1.807) is 25.3 Å². The van der Waals surface area contributed by atoms with Crippen LogP contribution in [0.25, 0.3) is 0 Å². The van der Waals surface area contributed by atoms with Gasteiger partial charge in [0.25, 0.3) is 0 Å². The summed E-state index contributed by atoms with van der Waals surface area (Å²) in [5.74, 6) is 0.151. The predicted octanol–water partition coefficient (Wildman–Crippen LogP) is 1.70. The molecule has 1 rings (SSSR count). The van der Waals surface area contributed by atoms with Crippen LogP contribution in [0.2, 0.25) is 10.0 Å². The van der Waals surface area contributed by atoms with Gasteiger partial charge in [-0.15, -0.1) is 0 Å². The zero-order valence-corrected chi connectivity index (χ0v) is 12.9.